The van der Waals surface area contributed by atoms with Crippen LogP contribution in [0.2, 0.25) is 5.02 Å². The molecule has 1 aromatic carbocycles. The second-order valence-corrected chi connectivity index (χ2v) is 8.22. The van der Waals surface area contributed by atoms with Crippen LogP contribution in [0.1, 0.15) is 48.7 Å². The van der Waals surface area contributed by atoms with Gasteiger partial charge in [0.15, 0.2) is 5.69 Å². The molecular formula is C21H26ClF3N4O. The van der Waals surface area contributed by atoms with Gasteiger partial charge in [-0.2, -0.15) is 18.3 Å². The highest BCUT2D eigenvalue weighted by Crippen LogP contribution is 2.33. The molecule has 2 aromatic rings. The Morgan fingerprint density at radius 3 is 2.50 bits per heavy atom. The Kier molecular flexibility index (Phi) is 7.41. The highest BCUT2D eigenvalue weighted by Gasteiger charge is 2.40. The normalized spacial score (nSPS) is 16.0. The molecule has 0 aliphatic carbocycles. The van der Waals surface area contributed by atoms with Crippen molar-refractivity contribution >= 4 is 17.5 Å². The van der Waals surface area contributed by atoms with Crippen LogP contribution in [0.3, 0.4) is 0 Å². The molecular weight excluding hydrogens is 417 g/mol. The van der Waals surface area contributed by atoms with Crippen LogP contribution in [0.25, 0.3) is 5.69 Å². The van der Waals surface area contributed by atoms with E-state index in [0.29, 0.717) is 18.0 Å². The second kappa shape index (κ2) is 9.83. The number of piperidine rings is 1. The van der Waals surface area contributed by atoms with Crippen LogP contribution in [0.4, 0.5) is 13.2 Å². The number of amides is 1. The van der Waals surface area contributed by atoms with Crippen LogP contribution in [0.15, 0.2) is 30.5 Å². The van der Waals surface area contributed by atoms with Crippen molar-refractivity contribution in [2.45, 2.75) is 38.8 Å². The third-order valence-electron chi connectivity index (χ3n) is 5.42. The summed E-state index contributed by atoms with van der Waals surface area (Å²) in [5.74, 6) is 0.00601. The summed E-state index contributed by atoms with van der Waals surface area (Å²) in [5, 5.41) is 6.80. The zero-order chi connectivity index (χ0) is 21.7. The summed E-state index contributed by atoms with van der Waals surface area (Å²) in [7, 11) is 0. The van der Waals surface area contributed by atoms with E-state index in [4.69, 9.17) is 11.6 Å². The number of carbonyl (C=O) groups is 1. The van der Waals surface area contributed by atoms with E-state index in [9.17, 15) is 18.0 Å². The van der Waals surface area contributed by atoms with E-state index in [-0.39, 0.29) is 5.69 Å². The lowest BCUT2D eigenvalue weighted by Crippen LogP contribution is -2.34. The maximum atomic E-state index is 13.7. The number of rotatable bonds is 7. The number of nitrogens with one attached hydrogen (secondary N) is 1. The Morgan fingerprint density at radius 1 is 1.20 bits per heavy atom. The minimum Gasteiger partial charge on any atom is -0.352 e. The van der Waals surface area contributed by atoms with Crippen LogP contribution >= 0.6 is 11.6 Å². The van der Waals surface area contributed by atoms with Crippen molar-refractivity contribution in [3.63, 3.8) is 0 Å². The summed E-state index contributed by atoms with van der Waals surface area (Å²) >= 11 is 5.80. The van der Waals surface area contributed by atoms with Crippen LogP contribution in [0, 0.1) is 5.92 Å². The van der Waals surface area contributed by atoms with Gasteiger partial charge in [-0.3, -0.25) is 4.79 Å². The van der Waals surface area contributed by atoms with Crippen molar-refractivity contribution in [3.05, 3.63) is 46.7 Å². The van der Waals surface area contributed by atoms with Gasteiger partial charge in [-0.25, -0.2) is 4.68 Å². The molecule has 5 nitrogen and oxygen atoms in total. The minimum absolute atomic E-state index is 0.182. The van der Waals surface area contributed by atoms with Gasteiger partial charge in [-0.15, -0.1) is 0 Å². The van der Waals surface area contributed by atoms with E-state index in [1.807, 2.05) is 0 Å². The SMILES string of the molecule is CC1CCN(CCCCNC(=O)c2cnn(-c3ccc(Cl)cc3)c2C(F)(F)F)CC1. The first-order valence-electron chi connectivity index (χ1n) is 10.2. The Hall–Kier alpha value is -2.06. The molecule has 1 aromatic heterocycles. The van der Waals surface area contributed by atoms with E-state index < -0.39 is 23.3 Å². The molecule has 0 spiro atoms. The van der Waals surface area contributed by atoms with Gasteiger partial charge in [0.05, 0.1) is 17.4 Å². The largest absolute Gasteiger partial charge is 0.434 e. The van der Waals surface area contributed by atoms with Crippen molar-refractivity contribution in [1.29, 1.82) is 0 Å². The number of nitrogens with zero attached hydrogens (tertiary/aromatic N) is 3. The average molecular weight is 443 g/mol. The molecule has 30 heavy (non-hydrogen) atoms. The van der Waals surface area contributed by atoms with Gasteiger partial charge in [0, 0.05) is 11.6 Å². The summed E-state index contributed by atoms with van der Waals surface area (Å²) < 4.78 is 41.7. The highest BCUT2D eigenvalue weighted by molar-refractivity contribution is 6.30. The molecule has 164 valence electrons. The topological polar surface area (TPSA) is 50.2 Å². The van der Waals surface area contributed by atoms with Gasteiger partial charge < -0.3 is 10.2 Å². The van der Waals surface area contributed by atoms with E-state index in [0.717, 1.165) is 42.9 Å². The first-order valence-corrected chi connectivity index (χ1v) is 10.5. The fourth-order valence-corrected chi connectivity index (χ4v) is 3.73. The Morgan fingerprint density at radius 2 is 1.87 bits per heavy atom. The van der Waals surface area contributed by atoms with Gasteiger partial charge in [0.2, 0.25) is 0 Å². The van der Waals surface area contributed by atoms with Gasteiger partial charge in [0.1, 0.15) is 0 Å². The number of carbonyl (C=O) groups excluding carboxylic acids is 1. The van der Waals surface area contributed by atoms with Crippen LogP contribution in [0.5, 0.6) is 0 Å². The number of hydrogen-bond donors (Lipinski definition) is 1. The van der Waals surface area contributed by atoms with Crippen molar-refractivity contribution in [3.8, 4) is 5.69 Å². The molecule has 3 rings (SSSR count). The summed E-state index contributed by atoms with van der Waals surface area (Å²) in [4.78, 5) is 14.8. The Labute approximate surface area is 179 Å². The molecule has 1 amide bonds. The van der Waals surface area contributed by atoms with Crippen molar-refractivity contribution in [1.82, 2.24) is 20.0 Å². The molecule has 1 aliphatic heterocycles. The van der Waals surface area contributed by atoms with Gasteiger partial charge in [0.25, 0.3) is 5.91 Å². The fraction of sp³-hybridized carbons (Fsp3) is 0.524. The van der Waals surface area contributed by atoms with E-state index >= 15 is 0 Å². The van der Waals surface area contributed by atoms with Gasteiger partial charge >= 0.3 is 6.18 Å². The first-order chi connectivity index (χ1) is 14.3. The smallest absolute Gasteiger partial charge is 0.352 e. The molecule has 1 aliphatic rings. The molecule has 1 saturated heterocycles. The van der Waals surface area contributed by atoms with Crippen LogP contribution in [-0.4, -0.2) is 46.8 Å². The lowest BCUT2D eigenvalue weighted by molar-refractivity contribution is -0.143. The molecule has 0 bridgehead atoms. The number of unbranched alkanes of at least 4 members (excludes halogenated alkanes) is 1. The number of aromatic nitrogens is 2. The quantitative estimate of drug-likeness (QED) is 0.627. The predicted molar refractivity (Wildman–Crippen MR) is 110 cm³/mol. The maximum Gasteiger partial charge on any atom is 0.434 e. The molecule has 1 fully saturated rings. The molecule has 0 saturated carbocycles. The monoisotopic (exact) mass is 442 g/mol. The summed E-state index contributed by atoms with van der Waals surface area (Å²) in [6.45, 7) is 5.72. The number of halogens is 4. The second-order valence-electron chi connectivity index (χ2n) is 7.78. The summed E-state index contributed by atoms with van der Waals surface area (Å²) in [6.07, 6.45) is 0.244. The van der Waals surface area contributed by atoms with Crippen molar-refractivity contribution < 1.29 is 18.0 Å². The average Bonchev–Trinajstić information content (AvgIpc) is 3.15. The molecule has 0 atom stereocenters. The molecule has 9 heteroatoms. The van der Waals surface area contributed by atoms with E-state index in [2.05, 4.69) is 22.2 Å². The third kappa shape index (κ3) is 5.76. The van der Waals surface area contributed by atoms with E-state index in [1.54, 1.807) is 0 Å². The number of alkyl halides is 3. The van der Waals surface area contributed by atoms with E-state index in [1.165, 1.54) is 37.1 Å². The zero-order valence-electron chi connectivity index (χ0n) is 16.9. The van der Waals surface area contributed by atoms with Gasteiger partial charge in [-0.05, 0) is 75.5 Å². The number of likely N-dealkylation sites (tertiary alicyclic amines) is 1. The molecule has 0 unspecified atom stereocenters. The Balaban J connectivity index is 1.58. The first kappa shape index (κ1) is 22.6. The molecule has 1 N–H and O–H groups in total. The van der Waals surface area contributed by atoms with Crippen LogP contribution < -0.4 is 5.32 Å². The predicted octanol–water partition coefficient (Wildman–Crippen LogP) is 4.79. The Bertz CT molecular complexity index is 843. The fourth-order valence-electron chi connectivity index (χ4n) is 3.61. The lowest BCUT2D eigenvalue weighted by Gasteiger charge is -2.30. The highest BCUT2D eigenvalue weighted by atomic mass is 35.5. The lowest BCUT2D eigenvalue weighted by atomic mass is 9.99. The third-order valence-corrected chi connectivity index (χ3v) is 5.67. The standard InChI is InChI=1S/C21H26ClF3N4O/c1-15-8-12-28(13-9-15)11-3-2-10-26-20(30)18-14-27-29(19(18)21(23,24)25)17-6-4-16(22)5-7-17/h4-7,14-15H,2-3,8-13H2,1H3,(H,26,30). The maximum absolute atomic E-state index is 13.7. The minimum atomic E-state index is -4.73. The molecule has 0 radical (unpaired) electrons. The zero-order valence-corrected chi connectivity index (χ0v) is 17.6. The van der Waals surface area contributed by atoms with Crippen molar-refractivity contribution in [2.75, 3.05) is 26.2 Å². The number of hydrogen-bond acceptors (Lipinski definition) is 3. The number of benzene rings is 1. The van der Waals surface area contributed by atoms with Gasteiger partial charge in [-0.1, -0.05) is 18.5 Å². The molecule has 2 heterocycles. The summed E-state index contributed by atoms with van der Waals surface area (Å²) in [6, 6.07) is 5.80. The summed E-state index contributed by atoms with van der Waals surface area (Å²) in [5.41, 5.74) is -1.39. The van der Waals surface area contributed by atoms with Crippen molar-refractivity contribution in [2.24, 2.45) is 5.92 Å². The van der Waals surface area contributed by atoms with Crippen LogP contribution in [-0.2, 0) is 6.18 Å².